The van der Waals surface area contributed by atoms with Crippen LogP contribution in [0.15, 0.2) is 485 Å². The van der Waals surface area contributed by atoms with E-state index in [0.29, 0.717) is 0 Å². The summed E-state index contributed by atoms with van der Waals surface area (Å²) in [4.78, 5) is 15.3. The van der Waals surface area contributed by atoms with Crippen molar-refractivity contribution in [2.45, 2.75) is 5.41 Å². The van der Waals surface area contributed by atoms with Crippen molar-refractivity contribution in [3.63, 3.8) is 0 Å². The molecule has 0 saturated carbocycles. The Labute approximate surface area is 752 Å². The van der Waals surface area contributed by atoms with Gasteiger partial charge in [-0.3, -0.25) is 0 Å². The Kier molecular flexibility index (Phi) is 17.0. The van der Waals surface area contributed by atoms with Crippen LogP contribution in [0.1, 0.15) is 22.3 Å². The molecule has 20 aromatic carbocycles. The molecule has 26 rings (SSSR count). The highest BCUT2D eigenvalue weighted by Gasteiger charge is 2.56. The highest BCUT2D eigenvalue weighted by molar-refractivity contribution is 7.01. The van der Waals surface area contributed by atoms with Crippen molar-refractivity contribution < 1.29 is 0 Å². The van der Waals surface area contributed by atoms with Gasteiger partial charge in [-0.2, -0.15) is 0 Å². The maximum atomic E-state index is 2.67. The quantitative estimate of drug-likeness (QED) is 0.100. The summed E-state index contributed by atoms with van der Waals surface area (Å²) < 4.78 is 0. The zero-order valence-corrected chi connectivity index (χ0v) is 70.5. The molecule has 6 aliphatic rings. The van der Waals surface area contributed by atoms with E-state index in [4.69, 9.17) is 0 Å². The molecule has 0 N–H and O–H groups in total. The molecule has 0 bridgehead atoms. The van der Waals surface area contributed by atoms with Gasteiger partial charge in [0.05, 0.1) is 16.8 Å². The fraction of sp³-hybridized carbons (Fsp3) is 0.00826. The third-order valence-corrected chi connectivity index (χ3v) is 27.7. The van der Waals surface area contributed by atoms with Crippen LogP contribution in [-0.4, -0.2) is 13.4 Å². The first-order chi connectivity index (χ1) is 64.0. The highest BCUT2D eigenvalue weighted by Crippen LogP contribution is 2.65. The average Bonchev–Trinajstić information content (AvgIpc) is 1.41. The minimum absolute atomic E-state index is 0.261. The van der Waals surface area contributed by atoms with Crippen molar-refractivity contribution in [1.82, 2.24) is 0 Å². The number of hydrogen-bond donors (Lipinski definition) is 0. The van der Waals surface area contributed by atoms with E-state index in [1.54, 1.807) is 0 Å². The van der Waals surface area contributed by atoms with Crippen molar-refractivity contribution in [2.75, 3.05) is 29.4 Å². The molecule has 0 saturated heterocycles. The predicted molar refractivity (Wildman–Crippen MR) is 542 cm³/mol. The zero-order valence-electron chi connectivity index (χ0n) is 70.5. The number of hydrogen-bond acceptors (Lipinski definition) is 6. The molecule has 20 aromatic rings. The van der Waals surface area contributed by atoms with Gasteiger partial charge in [0.2, 0.25) is 0 Å². The molecular weight excluding hydrogens is 1560 g/mol. The molecule has 0 radical (unpaired) electrons. The van der Waals surface area contributed by atoms with E-state index < -0.39 is 5.41 Å². The van der Waals surface area contributed by atoms with Gasteiger partial charge in [-0.05, 0) is 267 Å². The third kappa shape index (κ3) is 11.6. The molecule has 8 heteroatoms. The van der Waals surface area contributed by atoms with E-state index in [-0.39, 0.29) is 13.4 Å². The summed E-state index contributed by atoms with van der Waals surface area (Å²) in [5, 5.41) is 0. The molecule has 6 nitrogen and oxygen atoms in total. The topological polar surface area (TPSA) is 19.4 Å². The smallest absolute Gasteiger partial charge is 0.252 e. The van der Waals surface area contributed by atoms with Gasteiger partial charge in [-0.25, -0.2) is 0 Å². The highest BCUT2D eigenvalue weighted by atomic mass is 15.2. The second-order valence-corrected chi connectivity index (χ2v) is 34.5. The summed E-state index contributed by atoms with van der Waals surface area (Å²) in [6.07, 6.45) is 0. The second-order valence-electron chi connectivity index (χ2n) is 34.5. The van der Waals surface area contributed by atoms with Crippen molar-refractivity contribution in [2.24, 2.45) is 0 Å². The average molecular weight is 1640 g/mol. The monoisotopic (exact) mass is 1640 g/mol. The number of rotatable bonds is 14. The van der Waals surface area contributed by atoms with E-state index in [1.165, 1.54) is 111 Å². The van der Waals surface area contributed by atoms with Gasteiger partial charge < -0.3 is 29.4 Å². The van der Waals surface area contributed by atoms with Crippen molar-refractivity contribution in [3.8, 4) is 66.8 Å². The van der Waals surface area contributed by atoms with Gasteiger partial charge in [0.15, 0.2) is 0 Å². The lowest BCUT2D eigenvalue weighted by Gasteiger charge is -2.46. The minimum Gasteiger partial charge on any atom is -0.311 e. The lowest BCUT2D eigenvalue weighted by atomic mass is 9.33. The first-order valence-electron chi connectivity index (χ1n) is 44.8. The molecule has 0 amide bonds. The Morgan fingerprint density at radius 2 is 0.411 bits per heavy atom. The number of nitrogens with zero attached hydrogens (tertiary/aromatic N) is 6. The number of anilines is 18. The van der Waals surface area contributed by atoms with Crippen molar-refractivity contribution >= 4 is 149 Å². The Hall–Kier alpha value is -16.7. The van der Waals surface area contributed by atoms with Crippen LogP contribution >= 0.6 is 0 Å². The molecule has 600 valence electrons. The van der Waals surface area contributed by atoms with E-state index >= 15 is 0 Å². The Bertz CT molecular complexity index is 7250. The van der Waals surface area contributed by atoms with Crippen LogP contribution < -0.4 is 62.2 Å². The zero-order chi connectivity index (χ0) is 84.8. The number of fused-ring (bicyclic) bond motifs is 18. The molecule has 0 fully saturated rings. The maximum Gasteiger partial charge on any atom is 0.252 e. The SMILES string of the molecule is c1ccc(-c2ccc(N3c4ccc(-c5ccccc5)cc4B4c5cc6c(cc5N(c5ccccc5)c5cc(N(c7ccccc7)c7ccccc7)cc3c54)C3(c4ccccc4-6)c4ccccc4-c4cc5c(cc43)N(c3ccccc3)c3cc(N(c4ccccc4)c4ccccc4)cc4c3B5c3cc(-c5ccccc5)ccc3N4c3ccc(-c4ccccc4)cc3)cc2)cc1. The van der Waals surface area contributed by atoms with Gasteiger partial charge in [0.1, 0.15) is 0 Å². The maximum absolute atomic E-state index is 2.67. The van der Waals surface area contributed by atoms with Crippen molar-refractivity contribution in [1.29, 1.82) is 0 Å². The van der Waals surface area contributed by atoms with Crippen LogP contribution in [0, 0.1) is 0 Å². The first kappa shape index (κ1) is 73.8. The standard InChI is InChI=1S/C121H80B2N6/c1-11-35-81(36-12-1)85-59-65-95(66-60-85)126-111-69-63-87(83-39-15-3-16-40-83)71-107(111)122-109-77-101-99-55-31-33-57-103(99)121(105(101)79-113(109)128(93-51-27-9-28-52-93)117-75-97(73-115(126)119(117)122)124(89-43-19-5-20-44-89)90-45-21-6-22-46-90)104-58-34-32-56-100(104)102-78-110-114(80-106(102)121)129(94-53-29-10-30-54-94)118-76-98(125(91-47-23-7-24-48-91)92-49-25-8-26-50-92)74-116-120(118)123(110)108-72-88(84-41-17-4-18-42-84)64-70-112(108)127(116)96-67-61-86(62-68-96)82-37-13-2-14-38-82/h1-80H. The molecular formula is C121H80B2N6. The summed E-state index contributed by atoms with van der Waals surface area (Å²) in [7, 11) is 0. The normalized spacial score (nSPS) is 13.2. The number of benzene rings is 20. The van der Waals surface area contributed by atoms with Crippen LogP contribution in [-0.2, 0) is 5.41 Å². The fourth-order valence-electron chi connectivity index (χ4n) is 22.3. The third-order valence-electron chi connectivity index (χ3n) is 27.7. The molecule has 4 heterocycles. The van der Waals surface area contributed by atoms with Gasteiger partial charge in [-0.15, -0.1) is 0 Å². The van der Waals surface area contributed by atoms with E-state index in [1.807, 2.05) is 0 Å². The van der Waals surface area contributed by atoms with Crippen LogP contribution in [0.2, 0.25) is 0 Å². The molecule has 0 aromatic heterocycles. The summed E-state index contributed by atoms with van der Waals surface area (Å²) in [5.74, 6) is 0. The lowest BCUT2D eigenvalue weighted by molar-refractivity contribution is 0.794. The van der Waals surface area contributed by atoms with Gasteiger partial charge >= 0.3 is 0 Å². The van der Waals surface area contributed by atoms with E-state index in [9.17, 15) is 0 Å². The van der Waals surface area contributed by atoms with Gasteiger partial charge in [-0.1, -0.05) is 340 Å². The van der Waals surface area contributed by atoms with Crippen LogP contribution in [0.5, 0.6) is 0 Å². The summed E-state index contributed by atoms with van der Waals surface area (Å²) >= 11 is 0. The van der Waals surface area contributed by atoms with Crippen LogP contribution in [0.25, 0.3) is 66.8 Å². The fourth-order valence-corrected chi connectivity index (χ4v) is 22.3. The van der Waals surface area contributed by atoms with Crippen LogP contribution in [0.3, 0.4) is 0 Å². The molecule has 4 aliphatic heterocycles. The summed E-state index contributed by atoms with van der Waals surface area (Å²) in [6.45, 7) is -0.522. The lowest BCUT2D eigenvalue weighted by Crippen LogP contribution is -2.61. The van der Waals surface area contributed by atoms with Crippen LogP contribution in [0.4, 0.5) is 102 Å². The van der Waals surface area contributed by atoms with E-state index in [2.05, 4.69) is 515 Å². The van der Waals surface area contributed by atoms with E-state index in [0.717, 1.165) is 113 Å². The largest absolute Gasteiger partial charge is 0.311 e. The van der Waals surface area contributed by atoms with Crippen molar-refractivity contribution in [3.05, 3.63) is 508 Å². The second kappa shape index (κ2) is 29.8. The van der Waals surface area contributed by atoms with Gasteiger partial charge in [0, 0.05) is 91.0 Å². The minimum atomic E-state index is -0.858. The number of para-hydroxylation sites is 6. The molecule has 0 atom stereocenters. The molecule has 0 unspecified atom stereocenters. The molecule has 2 aliphatic carbocycles. The molecule has 1 spiro atoms. The summed E-state index contributed by atoms with van der Waals surface area (Å²) in [6, 6.07) is 182. The summed E-state index contributed by atoms with van der Waals surface area (Å²) in [5.41, 5.74) is 45.4. The molecule has 129 heavy (non-hydrogen) atoms. The first-order valence-corrected chi connectivity index (χ1v) is 44.8. The Balaban J connectivity index is 0.755. The Morgan fingerprint density at radius 1 is 0.163 bits per heavy atom. The Morgan fingerprint density at radius 3 is 0.736 bits per heavy atom. The van der Waals surface area contributed by atoms with Gasteiger partial charge in [0.25, 0.3) is 13.4 Å². The predicted octanol–water partition coefficient (Wildman–Crippen LogP) is 27.8.